The van der Waals surface area contributed by atoms with E-state index in [1.54, 1.807) is 0 Å². The number of fused-ring (bicyclic) bond motifs is 1. The first-order valence-electron chi connectivity index (χ1n) is 11.6. The zero-order valence-corrected chi connectivity index (χ0v) is 21.2. The van der Waals surface area contributed by atoms with Gasteiger partial charge in [0, 0.05) is 12.0 Å². The van der Waals surface area contributed by atoms with Crippen LogP contribution in [0.4, 0.5) is 0 Å². The van der Waals surface area contributed by atoms with E-state index in [9.17, 15) is 15.0 Å². The fourth-order valence-corrected chi connectivity index (χ4v) is 5.12. The Hall–Kier alpha value is -2.93. The summed E-state index contributed by atoms with van der Waals surface area (Å²) in [6.45, 7) is 11.0. The molecule has 2 heterocycles. The lowest BCUT2D eigenvalue weighted by atomic mass is 9.80. The number of aryl methyl sites for hydroxylation is 1. The molecule has 1 atom stereocenters. The highest BCUT2D eigenvalue weighted by molar-refractivity contribution is 7.09. The highest BCUT2D eigenvalue weighted by Gasteiger charge is 2.41. The lowest BCUT2D eigenvalue weighted by Crippen LogP contribution is -2.49. The zero-order chi connectivity index (χ0) is 24.7. The maximum atomic E-state index is 11.4. The second-order valence-corrected chi connectivity index (χ2v) is 11.5. The van der Waals surface area contributed by atoms with Crippen LogP contribution in [0.5, 0.6) is 23.1 Å². The van der Waals surface area contributed by atoms with Gasteiger partial charge < -0.3 is 19.7 Å². The van der Waals surface area contributed by atoms with Gasteiger partial charge in [-0.2, -0.15) is 0 Å². The summed E-state index contributed by atoms with van der Waals surface area (Å²) in [5.41, 5.74) is 2.23. The second kappa shape index (κ2) is 9.02. The number of phenolic OH excluding ortho intramolecular Hbond substituents is 1. The molecule has 1 unspecified atom stereocenters. The third-order valence-corrected chi connectivity index (χ3v) is 7.51. The summed E-state index contributed by atoms with van der Waals surface area (Å²) >= 11 is 1.02. The molecule has 1 aromatic heterocycles. The first kappa shape index (κ1) is 24.2. The number of thiazole rings is 1. The van der Waals surface area contributed by atoms with Crippen molar-refractivity contribution in [1.82, 2.24) is 4.98 Å². The van der Waals surface area contributed by atoms with Gasteiger partial charge >= 0.3 is 4.87 Å². The van der Waals surface area contributed by atoms with Crippen LogP contribution in [0.2, 0.25) is 0 Å². The minimum Gasteiger partial charge on any atom is -0.508 e. The van der Waals surface area contributed by atoms with Crippen LogP contribution in [0.1, 0.15) is 62.6 Å². The Labute approximate surface area is 204 Å². The first-order valence-corrected chi connectivity index (χ1v) is 12.5. The lowest BCUT2D eigenvalue weighted by Gasteiger charge is -2.42. The molecule has 0 bridgehead atoms. The lowest BCUT2D eigenvalue weighted by molar-refractivity contribution is -0.0356. The molecule has 4 rings (SSSR count). The summed E-state index contributed by atoms with van der Waals surface area (Å²) in [7, 11) is 0. The number of hydrogen-bond acceptors (Lipinski definition) is 6. The molecule has 34 heavy (non-hydrogen) atoms. The van der Waals surface area contributed by atoms with E-state index in [0.717, 1.165) is 52.4 Å². The molecule has 6 nitrogen and oxygen atoms in total. The van der Waals surface area contributed by atoms with Crippen molar-refractivity contribution < 1.29 is 19.7 Å². The molecule has 0 spiro atoms. The molecule has 182 valence electrons. The first-order chi connectivity index (χ1) is 16.0. The standard InChI is InChI=1S/C27H33NO5S/c1-16(2)27(11-10-18-13-21(29)20(26(3,4)5)14-22(18)33-27)15-32-19-8-6-17(7-9-19)12-23-24(30)28-25(31)34-23/h6-9,13-14,16,29-30H,10-12,15H2,1-5H3,(H,28,31). The Morgan fingerprint density at radius 1 is 1.18 bits per heavy atom. The fraction of sp³-hybridized carbons (Fsp3) is 0.444. The van der Waals surface area contributed by atoms with Gasteiger partial charge in [0.2, 0.25) is 5.88 Å². The second-order valence-electron chi connectivity index (χ2n) is 10.4. The maximum absolute atomic E-state index is 11.4. The third-order valence-electron chi connectivity index (χ3n) is 6.64. The van der Waals surface area contributed by atoms with Crippen molar-refractivity contribution in [2.45, 2.75) is 64.9 Å². The van der Waals surface area contributed by atoms with Crippen LogP contribution >= 0.6 is 11.3 Å². The molecule has 2 aromatic carbocycles. The summed E-state index contributed by atoms with van der Waals surface area (Å²) in [5, 5.41) is 20.3. The van der Waals surface area contributed by atoms with Crippen molar-refractivity contribution >= 4 is 11.3 Å². The maximum Gasteiger partial charge on any atom is 0.307 e. The summed E-state index contributed by atoms with van der Waals surface area (Å²) < 4.78 is 12.8. The normalized spacial score (nSPS) is 17.9. The van der Waals surface area contributed by atoms with Gasteiger partial charge in [-0.25, -0.2) is 0 Å². The predicted molar refractivity (Wildman–Crippen MR) is 135 cm³/mol. The Balaban J connectivity index is 1.49. The minimum absolute atomic E-state index is 0.0631. The Bertz CT molecular complexity index is 1220. The highest BCUT2D eigenvalue weighted by Crippen LogP contribution is 2.43. The average molecular weight is 484 g/mol. The van der Waals surface area contributed by atoms with Crippen molar-refractivity contribution in [2.75, 3.05) is 6.61 Å². The van der Waals surface area contributed by atoms with Crippen LogP contribution < -0.4 is 14.3 Å². The predicted octanol–water partition coefficient (Wildman–Crippen LogP) is 5.53. The van der Waals surface area contributed by atoms with E-state index in [2.05, 4.69) is 39.6 Å². The summed E-state index contributed by atoms with van der Waals surface area (Å²) in [5.74, 6) is 2.05. The molecule has 0 saturated heterocycles. The molecule has 0 amide bonds. The van der Waals surface area contributed by atoms with Crippen LogP contribution in [-0.2, 0) is 18.3 Å². The van der Waals surface area contributed by atoms with E-state index in [0.29, 0.717) is 23.7 Å². The molecule has 0 aliphatic carbocycles. The number of phenols is 1. The molecule has 3 aromatic rings. The van der Waals surface area contributed by atoms with Crippen molar-refractivity contribution in [3.8, 4) is 23.1 Å². The highest BCUT2D eigenvalue weighted by atomic mass is 32.1. The summed E-state index contributed by atoms with van der Waals surface area (Å²) in [6, 6.07) is 11.5. The van der Waals surface area contributed by atoms with Crippen LogP contribution in [0.25, 0.3) is 0 Å². The number of rotatable bonds is 6. The summed E-state index contributed by atoms with van der Waals surface area (Å²) in [6.07, 6.45) is 2.10. The van der Waals surface area contributed by atoms with E-state index in [-0.39, 0.29) is 22.1 Å². The van der Waals surface area contributed by atoms with Crippen LogP contribution in [0, 0.1) is 5.92 Å². The number of aromatic nitrogens is 1. The van der Waals surface area contributed by atoms with Gasteiger partial charge in [0.05, 0.1) is 4.88 Å². The Kier molecular flexibility index (Phi) is 6.42. The fourth-order valence-electron chi connectivity index (χ4n) is 4.36. The number of H-pyrrole nitrogens is 1. The smallest absolute Gasteiger partial charge is 0.307 e. The van der Waals surface area contributed by atoms with E-state index >= 15 is 0 Å². The minimum atomic E-state index is -0.471. The molecule has 7 heteroatoms. The molecule has 0 saturated carbocycles. The monoisotopic (exact) mass is 483 g/mol. The third kappa shape index (κ3) is 4.94. The number of hydrogen-bond donors (Lipinski definition) is 3. The van der Waals surface area contributed by atoms with Crippen molar-refractivity contribution in [3.05, 3.63) is 67.6 Å². The van der Waals surface area contributed by atoms with Crippen LogP contribution in [-0.4, -0.2) is 27.4 Å². The number of aromatic hydroxyl groups is 2. The van der Waals surface area contributed by atoms with Gasteiger partial charge in [0.1, 0.15) is 29.5 Å². The number of ether oxygens (including phenoxy) is 2. The molecular formula is C27H33NO5S. The van der Waals surface area contributed by atoms with E-state index in [1.807, 2.05) is 36.4 Å². The molecule has 3 N–H and O–H groups in total. The van der Waals surface area contributed by atoms with E-state index in [4.69, 9.17) is 9.47 Å². The van der Waals surface area contributed by atoms with Gasteiger partial charge in [-0.1, -0.05) is 58.1 Å². The van der Waals surface area contributed by atoms with Crippen LogP contribution in [0.3, 0.4) is 0 Å². The molecule has 0 radical (unpaired) electrons. The Morgan fingerprint density at radius 3 is 2.47 bits per heavy atom. The molecule has 0 fully saturated rings. The van der Waals surface area contributed by atoms with Gasteiger partial charge in [-0.15, -0.1) is 0 Å². The zero-order valence-electron chi connectivity index (χ0n) is 20.4. The average Bonchev–Trinajstić information content (AvgIpc) is 3.08. The van der Waals surface area contributed by atoms with Crippen molar-refractivity contribution in [3.63, 3.8) is 0 Å². The van der Waals surface area contributed by atoms with Crippen molar-refractivity contribution in [2.24, 2.45) is 5.92 Å². The number of benzene rings is 2. The van der Waals surface area contributed by atoms with Crippen LogP contribution in [0.15, 0.2) is 41.2 Å². The van der Waals surface area contributed by atoms with Gasteiger partial charge in [-0.3, -0.25) is 9.78 Å². The van der Waals surface area contributed by atoms with E-state index in [1.165, 1.54) is 0 Å². The SMILES string of the molecule is CC(C)C1(COc2ccc(Cc3sc(=O)[nH]c3O)cc2)CCc2cc(O)c(C(C)(C)C)cc2O1. The number of nitrogens with one attached hydrogen (secondary N) is 1. The summed E-state index contributed by atoms with van der Waals surface area (Å²) in [4.78, 5) is 14.2. The van der Waals surface area contributed by atoms with Gasteiger partial charge in [0.15, 0.2) is 0 Å². The van der Waals surface area contributed by atoms with Gasteiger partial charge in [0.25, 0.3) is 0 Å². The molecule has 1 aliphatic heterocycles. The quantitative estimate of drug-likeness (QED) is 0.428. The molecule has 1 aliphatic rings. The Morgan fingerprint density at radius 2 is 1.88 bits per heavy atom. The largest absolute Gasteiger partial charge is 0.508 e. The number of aromatic amines is 1. The van der Waals surface area contributed by atoms with Gasteiger partial charge in [-0.05, 0) is 59.6 Å². The molecular weight excluding hydrogens is 450 g/mol. The topological polar surface area (TPSA) is 91.8 Å². The van der Waals surface area contributed by atoms with E-state index < -0.39 is 5.60 Å². The van der Waals surface area contributed by atoms with Crippen molar-refractivity contribution in [1.29, 1.82) is 0 Å².